The lowest BCUT2D eigenvalue weighted by molar-refractivity contribution is -0.118. The molecule has 5 heteroatoms. The van der Waals surface area contributed by atoms with Gasteiger partial charge in [0.1, 0.15) is 0 Å². The van der Waals surface area contributed by atoms with Crippen molar-refractivity contribution in [3.8, 4) is 0 Å². The Hall–Kier alpha value is -1.72. The fourth-order valence-electron chi connectivity index (χ4n) is 2.24. The molecular formula is C14H15N3OS. The van der Waals surface area contributed by atoms with Crippen LogP contribution in [-0.4, -0.2) is 16.9 Å². The molecule has 1 aliphatic rings. The molecule has 0 saturated heterocycles. The summed E-state index contributed by atoms with van der Waals surface area (Å²) in [7, 11) is 0. The monoisotopic (exact) mass is 273 g/mol. The van der Waals surface area contributed by atoms with Crippen molar-refractivity contribution in [3.63, 3.8) is 0 Å². The van der Waals surface area contributed by atoms with Crippen molar-refractivity contribution >= 4 is 22.4 Å². The standard InChI is InChI=1S/C14H15N3OS/c1-9-8-19-14(16-9)17-13(18)12-6-10-4-2-3-5-11(10)7-15-12/h2-5,8,12,15H,6-7H2,1H3,(H,16,17,18). The van der Waals surface area contributed by atoms with E-state index in [9.17, 15) is 4.79 Å². The smallest absolute Gasteiger partial charge is 0.243 e. The first-order valence-corrected chi connectivity index (χ1v) is 7.13. The van der Waals surface area contributed by atoms with Crippen LogP contribution in [-0.2, 0) is 17.8 Å². The molecule has 4 nitrogen and oxygen atoms in total. The largest absolute Gasteiger partial charge is 0.301 e. The maximum Gasteiger partial charge on any atom is 0.243 e. The number of aromatic nitrogens is 1. The number of anilines is 1. The average molecular weight is 273 g/mol. The summed E-state index contributed by atoms with van der Waals surface area (Å²) < 4.78 is 0. The summed E-state index contributed by atoms with van der Waals surface area (Å²) in [6.45, 7) is 2.66. The molecular weight excluding hydrogens is 258 g/mol. The second kappa shape index (κ2) is 5.11. The molecule has 3 rings (SSSR count). The van der Waals surface area contributed by atoms with Crippen LogP contribution in [0.3, 0.4) is 0 Å². The van der Waals surface area contributed by atoms with Crippen molar-refractivity contribution in [2.24, 2.45) is 0 Å². The lowest BCUT2D eigenvalue weighted by atomic mass is 9.95. The Balaban J connectivity index is 1.69. The zero-order valence-electron chi connectivity index (χ0n) is 10.6. The number of hydrogen-bond acceptors (Lipinski definition) is 4. The van der Waals surface area contributed by atoms with E-state index in [4.69, 9.17) is 0 Å². The van der Waals surface area contributed by atoms with Gasteiger partial charge in [0.05, 0.1) is 11.7 Å². The molecule has 0 radical (unpaired) electrons. The zero-order chi connectivity index (χ0) is 13.2. The van der Waals surface area contributed by atoms with E-state index in [1.54, 1.807) is 0 Å². The van der Waals surface area contributed by atoms with Gasteiger partial charge in [-0.3, -0.25) is 4.79 Å². The third-order valence-corrected chi connectivity index (χ3v) is 4.12. The fourth-order valence-corrected chi connectivity index (χ4v) is 2.93. The number of aryl methyl sites for hydroxylation is 1. The third-order valence-electron chi connectivity index (χ3n) is 3.25. The number of fused-ring (bicyclic) bond motifs is 1. The highest BCUT2D eigenvalue weighted by molar-refractivity contribution is 7.13. The lowest BCUT2D eigenvalue weighted by Crippen LogP contribution is -2.44. The highest BCUT2D eigenvalue weighted by Crippen LogP contribution is 2.19. The Morgan fingerprint density at radius 3 is 2.95 bits per heavy atom. The normalized spacial score (nSPS) is 17.8. The number of benzene rings is 1. The number of thiazole rings is 1. The molecule has 0 fully saturated rings. The third kappa shape index (κ3) is 2.67. The Kier molecular flexibility index (Phi) is 3.31. The summed E-state index contributed by atoms with van der Waals surface area (Å²) in [6.07, 6.45) is 0.729. The van der Waals surface area contributed by atoms with Gasteiger partial charge in [0.2, 0.25) is 5.91 Å². The Bertz CT molecular complexity index is 608. The van der Waals surface area contributed by atoms with Crippen molar-refractivity contribution in [1.82, 2.24) is 10.3 Å². The molecule has 1 atom stereocenters. The van der Waals surface area contributed by atoms with E-state index < -0.39 is 0 Å². The maximum absolute atomic E-state index is 12.2. The SMILES string of the molecule is Cc1csc(NC(=O)C2Cc3ccccc3CN2)n1. The van der Waals surface area contributed by atoms with Gasteiger partial charge >= 0.3 is 0 Å². The molecule has 0 bridgehead atoms. The van der Waals surface area contributed by atoms with Crippen LogP contribution in [0, 0.1) is 6.92 Å². The first-order valence-electron chi connectivity index (χ1n) is 6.25. The predicted octanol–water partition coefficient (Wildman–Crippen LogP) is 2.10. The second-order valence-electron chi connectivity index (χ2n) is 4.69. The summed E-state index contributed by atoms with van der Waals surface area (Å²) in [5.41, 5.74) is 3.45. The highest BCUT2D eigenvalue weighted by atomic mass is 32.1. The molecule has 98 valence electrons. The van der Waals surface area contributed by atoms with Gasteiger partial charge in [-0.05, 0) is 24.5 Å². The molecule has 2 N–H and O–H groups in total. The van der Waals surface area contributed by atoms with Crippen molar-refractivity contribution in [1.29, 1.82) is 0 Å². The maximum atomic E-state index is 12.2. The van der Waals surface area contributed by atoms with Crippen LogP contribution in [0.15, 0.2) is 29.6 Å². The van der Waals surface area contributed by atoms with Gasteiger partial charge in [0, 0.05) is 11.9 Å². The predicted molar refractivity (Wildman–Crippen MR) is 76.3 cm³/mol. The lowest BCUT2D eigenvalue weighted by Gasteiger charge is -2.24. The van der Waals surface area contributed by atoms with E-state index in [0.29, 0.717) is 5.13 Å². The average Bonchev–Trinajstić information content (AvgIpc) is 2.83. The van der Waals surface area contributed by atoms with Gasteiger partial charge in [-0.1, -0.05) is 24.3 Å². The highest BCUT2D eigenvalue weighted by Gasteiger charge is 2.24. The van der Waals surface area contributed by atoms with Gasteiger partial charge in [0.25, 0.3) is 0 Å². The van der Waals surface area contributed by atoms with E-state index >= 15 is 0 Å². The number of nitrogens with zero attached hydrogens (tertiary/aromatic N) is 1. The molecule has 1 aromatic heterocycles. The van der Waals surface area contributed by atoms with Gasteiger partial charge in [-0.25, -0.2) is 4.98 Å². The molecule has 1 aromatic carbocycles. The van der Waals surface area contributed by atoms with Crippen LogP contribution in [0.25, 0.3) is 0 Å². The Morgan fingerprint density at radius 2 is 2.21 bits per heavy atom. The molecule has 2 heterocycles. The number of amides is 1. The minimum Gasteiger partial charge on any atom is -0.301 e. The van der Waals surface area contributed by atoms with Crippen molar-refractivity contribution in [3.05, 3.63) is 46.5 Å². The van der Waals surface area contributed by atoms with E-state index in [1.165, 1.54) is 22.5 Å². The molecule has 0 saturated carbocycles. The molecule has 1 amide bonds. The van der Waals surface area contributed by atoms with E-state index in [0.717, 1.165) is 18.7 Å². The van der Waals surface area contributed by atoms with Crippen molar-refractivity contribution in [2.75, 3.05) is 5.32 Å². The summed E-state index contributed by atoms with van der Waals surface area (Å²) in [5, 5.41) is 8.74. The molecule has 19 heavy (non-hydrogen) atoms. The second-order valence-corrected chi connectivity index (χ2v) is 5.55. The van der Waals surface area contributed by atoms with E-state index in [2.05, 4.69) is 27.8 Å². The first kappa shape index (κ1) is 12.3. The van der Waals surface area contributed by atoms with Crippen LogP contribution in [0.1, 0.15) is 16.8 Å². The van der Waals surface area contributed by atoms with Gasteiger partial charge in [-0.15, -0.1) is 11.3 Å². The van der Waals surface area contributed by atoms with Gasteiger partial charge < -0.3 is 10.6 Å². The van der Waals surface area contributed by atoms with Crippen LogP contribution < -0.4 is 10.6 Å². The summed E-state index contributed by atoms with van der Waals surface area (Å²) in [5.74, 6) is -0.0103. The van der Waals surface area contributed by atoms with Crippen LogP contribution in [0.2, 0.25) is 0 Å². The molecule has 2 aromatic rings. The zero-order valence-corrected chi connectivity index (χ0v) is 11.5. The van der Waals surface area contributed by atoms with Crippen LogP contribution in [0.5, 0.6) is 0 Å². The number of hydrogen-bond donors (Lipinski definition) is 2. The molecule has 1 aliphatic heterocycles. The van der Waals surface area contributed by atoms with Crippen LogP contribution in [0.4, 0.5) is 5.13 Å². The molecule has 1 unspecified atom stereocenters. The quantitative estimate of drug-likeness (QED) is 0.881. The minimum atomic E-state index is -0.181. The molecule has 0 aliphatic carbocycles. The van der Waals surface area contributed by atoms with Crippen molar-refractivity contribution < 1.29 is 4.79 Å². The molecule has 0 spiro atoms. The number of carbonyl (C=O) groups excluding carboxylic acids is 1. The topological polar surface area (TPSA) is 54.0 Å². The Morgan fingerprint density at radius 1 is 1.42 bits per heavy atom. The fraction of sp³-hybridized carbons (Fsp3) is 0.286. The number of rotatable bonds is 2. The summed E-state index contributed by atoms with van der Waals surface area (Å²) >= 11 is 1.46. The van der Waals surface area contributed by atoms with E-state index in [-0.39, 0.29) is 11.9 Å². The number of nitrogens with one attached hydrogen (secondary N) is 2. The van der Waals surface area contributed by atoms with E-state index in [1.807, 2.05) is 24.4 Å². The number of carbonyl (C=O) groups is 1. The summed E-state index contributed by atoms with van der Waals surface area (Å²) in [4.78, 5) is 16.4. The van der Waals surface area contributed by atoms with Crippen molar-refractivity contribution in [2.45, 2.75) is 25.9 Å². The Labute approximate surface area is 115 Å². The summed E-state index contributed by atoms with van der Waals surface area (Å²) in [6, 6.07) is 8.05. The first-order chi connectivity index (χ1) is 9.22. The minimum absolute atomic E-state index is 0.0103. The van der Waals surface area contributed by atoms with Crippen LogP contribution >= 0.6 is 11.3 Å². The van der Waals surface area contributed by atoms with Gasteiger partial charge in [0.15, 0.2) is 5.13 Å². The van der Waals surface area contributed by atoms with Gasteiger partial charge in [-0.2, -0.15) is 0 Å².